The Morgan fingerprint density at radius 2 is 1.78 bits per heavy atom. The van der Waals surface area contributed by atoms with Gasteiger partial charge in [0.25, 0.3) is 0 Å². The van der Waals surface area contributed by atoms with Crippen molar-refractivity contribution in [2.75, 3.05) is 11.4 Å². The van der Waals surface area contributed by atoms with Crippen LogP contribution in [0.15, 0.2) is 48.5 Å². The molecule has 36 heavy (non-hydrogen) atoms. The number of terminal acetylenes is 1. The molecular weight excluding hydrogens is 481 g/mol. The van der Waals surface area contributed by atoms with E-state index in [9.17, 15) is 32.9 Å². The fourth-order valence-corrected chi connectivity index (χ4v) is 4.35. The monoisotopic (exact) mass is 504 g/mol. The van der Waals surface area contributed by atoms with E-state index in [0.29, 0.717) is 0 Å². The second kappa shape index (κ2) is 9.53. The van der Waals surface area contributed by atoms with Crippen LogP contribution in [-0.2, 0) is 14.9 Å². The van der Waals surface area contributed by atoms with Gasteiger partial charge in [0.2, 0.25) is 12.5 Å². The second-order valence-electron chi connectivity index (χ2n) is 9.18. The van der Waals surface area contributed by atoms with Gasteiger partial charge in [-0.15, -0.1) is 25.5 Å². The van der Waals surface area contributed by atoms with Crippen LogP contribution < -0.4 is 9.64 Å². The number of hydrogen-bond acceptors (Lipinski definition) is 6. The van der Waals surface area contributed by atoms with Gasteiger partial charge >= 0.3 is 12.5 Å². The summed E-state index contributed by atoms with van der Waals surface area (Å²) in [5, 5.41) is 11.7. The second-order valence-corrected chi connectivity index (χ2v) is 9.18. The number of rotatable bonds is 6. The summed E-state index contributed by atoms with van der Waals surface area (Å²) in [6, 6.07) is 10.6. The lowest BCUT2D eigenvalue weighted by molar-refractivity contribution is -0.484. The number of carbonyl (C=O) groups is 2. The molecule has 0 spiro atoms. The molecule has 1 aliphatic rings. The quantitative estimate of drug-likeness (QED) is 0.305. The van der Waals surface area contributed by atoms with Gasteiger partial charge in [-0.05, 0) is 50.1 Å². The van der Waals surface area contributed by atoms with Crippen LogP contribution in [0.2, 0.25) is 0 Å². The van der Waals surface area contributed by atoms with E-state index < -0.39 is 52.5 Å². The van der Waals surface area contributed by atoms with Crippen molar-refractivity contribution in [1.29, 1.82) is 0 Å². The zero-order valence-electron chi connectivity index (χ0n) is 19.7. The number of ether oxygens (including phenoxy) is 2. The molecule has 0 fully saturated rings. The Bertz CT molecular complexity index is 1210. The molecule has 0 saturated heterocycles. The van der Waals surface area contributed by atoms with Crippen molar-refractivity contribution in [3.8, 4) is 18.1 Å². The number of nitrogens with zero attached hydrogens (tertiary/aromatic N) is 2. The van der Waals surface area contributed by atoms with Crippen molar-refractivity contribution in [2.45, 2.75) is 50.5 Å². The summed E-state index contributed by atoms with van der Waals surface area (Å²) in [5.41, 5.74) is -2.09. The molecule has 0 bridgehead atoms. The third-order valence-electron chi connectivity index (χ3n) is 5.61. The van der Waals surface area contributed by atoms with Gasteiger partial charge in [0.1, 0.15) is 16.8 Å². The Morgan fingerprint density at radius 3 is 2.31 bits per heavy atom. The maximum absolute atomic E-state index is 14.0. The fourth-order valence-electron chi connectivity index (χ4n) is 4.35. The summed E-state index contributed by atoms with van der Waals surface area (Å²) in [6.45, 7) is 4.06. The van der Waals surface area contributed by atoms with E-state index >= 15 is 0 Å². The Kier molecular flexibility index (Phi) is 7.02. The number of hydrogen-bond donors (Lipinski definition) is 0. The molecule has 0 N–H and O–H groups in total. The summed E-state index contributed by atoms with van der Waals surface area (Å²) in [4.78, 5) is 38.9. The van der Waals surface area contributed by atoms with E-state index in [1.165, 1.54) is 18.2 Å². The maximum atomic E-state index is 14.0. The third-order valence-corrected chi connectivity index (χ3v) is 5.61. The number of alkyl halides is 3. The van der Waals surface area contributed by atoms with Gasteiger partial charge in [-0.3, -0.25) is 14.9 Å². The molecule has 0 aromatic heterocycles. The van der Waals surface area contributed by atoms with Gasteiger partial charge in [-0.2, -0.15) is 0 Å². The molecule has 0 saturated carbocycles. The fraction of sp³-hybridized carbons (Fsp3) is 0.360. The highest BCUT2D eigenvalue weighted by molar-refractivity contribution is 6.21. The van der Waals surface area contributed by atoms with Crippen LogP contribution in [0.1, 0.15) is 44.2 Å². The number of anilines is 1. The van der Waals surface area contributed by atoms with Crippen LogP contribution in [0.5, 0.6) is 5.75 Å². The number of nitro groups is 1. The van der Waals surface area contributed by atoms with E-state index in [1.54, 1.807) is 39.0 Å². The van der Waals surface area contributed by atoms with E-state index in [2.05, 4.69) is 10.7 Å². The SMILES string of the molecule is C#CC[C@@]1([C@H](C[N+](=O)[O-])c2ccc(OC(F)(F)F)cc2)C(=O)N(C(=O)OC(C)(C)C)c2ccccc21. The first-order chi connectivity index (χ1) is 16.7. The van der Waals surface area contributed by atoms with Crippen molar-refractivity contribution in [1.82, 2.24) is 0 Å². The zero-order chi connectivity index (χ0) is 26.9. The highest BCUT2D eigenvalue weighted by Gasteiger charge is 2.59. The molecule has 3 rings (SSSR count). The van der Waals surface area contributed by atoms with E-state index in [4.69, 9.17) is 11.2 Å². The van der Waals surface area contributed by atoms with Crippen LogP contribution in [0.25, 0.3) is 0 Å². The number of benzene rings is 2. The van der Waals surface area contributed by atoms with Gasteiger partial charge in [0, 0.05) is 11.3 Å². The van der Waals surface area contributed by atoms with Gasteiger partial charge in [-0.1, -0.05) is 30.3 Å². The van der Waals surface area contributed by atoms with Crippen LogP contribution in [0.4, 0.5) is 23.7 Å². The normalized spacial score (nSPS) is 18.2. The summed E-state index contributed by atoms with van der Waals surface area (Å²) in [5.74, 6) is -0.189. The largest absolute Gasteiger partial charge is 0.573 e. The third kappa shape index (κ3) is 5.27. The predicted octanol–water partition coefficient (Wildman–Crippen LogP) is 5.19. The molecule has 8 nitrogen and oxygen atoms in total. The average molecular weight is 504 g/mol. The minimum Gasteiger partial charge on any atom is -0.443 e. The standard InChI is InChI=1S/C25H23F3N2O6/c1-5-14-24(19(15-29(33)34)16-10-12-17(13-11-16)35-25(26,27)28)18-8-6-7-9-20(18)30(21(24)31)22(32)36-23(2,3)4/h1,6-13,19H,14-15H2,2-4H3/t19-,24-/m1/s1. The lowest BCUT2D eigenvalue weighted by Crippen LogP contribution is -2.49. The predicted molar refractivity (Wildman–Crippen MR) is 123 cm³/mol. The molecule has 1 heterocycles. The van der Waals surface area contributed by atoms with Gasteiger partial charge in [-0.25, -0.2) is 9.69 Å². The summed E-state index contributed by atoms with van der Waals surface area (Å²) >= 11 is 0. The minimum atomic E-state index is -4.93. The summed E-state index contributed by atoms with van der Waals surface area (Å²) in [6.07, 6.45) is -0.602. The number of carbonyl (C=O) groups excluding carboxylic acids is 2. The lowest BCUT2D eigenvalue weighted by Gasteiger charge is -2.33. The molecule has 2 aromatic carbocycles. The Morgan fingerprint density at radius 1 is 1.17 bits per heavy atom. The van der Waals surface area contributed by atoms with Crippen molar-refractivity contribution in [3.05, 3.63) is 69.8 Å². The first-order valence-corrected chi connectivity index (χ1v) is 10.8. The smallest absolute Gasteiger partial charge is 0.443 e. The first kappa shape index (κ1) is 26.5. The topological polar surface area (TPSA) is 99.0 Å². The van der Waals surface area contributed by atoms with Gasteiger partial charge < -0.3 is 9.47 Å². The lowest BCUT2D eigenvalue weighted by atomic mass is 9.66. The number of fused-ring (bicyclic) bond motifs is 1. The average Bonchev–Trinajstić information content (AvgIpc) is 2.99. The molecule has 0 radical (unpaired) electrons. The Labute approximate surface area is 205 Å². The summed E-state index contributed by atoms with van der Waals surface area (Å²) in [7, 11) is 0. The van der Waals surface area contributed by atoms with Crippen LogP contribution in [0, 0.1) is 22.5 Å². The molecule has 190 valence electrons. The summed E-state index contributed by atoms with van der Waals surface area (Å²) < 4.78 is 47.1. The number of halogens is 3. The molecule has 0 unspecified atom stereocenters. The molecular formula is C25H23F3N2O6. The van der Waals surface area contributed by atoms with E-state index in [-0.39, 0.29) is 23.2 Å². The Hall–Kier alpha value is -4.07. The van der Waals surface area contributed by atoms with Crippen LogP contribution in [-0.4, -0.2) is 35.4 Å². The Balaban J connectivity index is 2.19. The van der Waals surface area contributed by atoms with Crippen molar-refractivity contribution in [2.24, 2.45) is 0 Å². The van der Waals surface area contributed by atoms with Crippen LogP contribution in [0.3, 0.4) is 0 Å². The highest BCUT2D eigenvalue weighted by atomic mass is 19.4. The maximum Gasteiger partial charge on any atom is 0.573 e. The van der Waals surface area contributed by atoms with Crippen molar-refractivity contribution < 1.29 is 37.2 Å². The van der Waals surface area contributed by atoms with Crippen molar-refractivity contribution >= 4 is 17.7 Å². The van der Waals surface area contributed by atoms with E-state index in [1.807, 2.05) is 0 Å². The molecule has 1 aliphatic heterocycles. The van der Waals surface area contributed by atoms with E-state index in [0.717, 1.165) is 17.0 Å². The van der Waals surface area contributed by atoms with Crippen molar-refractivity contribution in [3.63, 3.8) is 0 Å². The van der Waals surface area contributed by atoms with Crippen LogP contribution >= 0.6 is 0 Å². The number of amides is 2. The molecule has 11 heteroatoms. The molecule has 0 aliphatic carbocycles. The molecule has 2 aromatic rings. The zero-order valence-corrected chi connectivity index (χ0v) is 19.7. The molecule has 2 amide bonds. The first-order valence-electron chi connectivity index (χ1n) is 10.8. The van der Waals surface area contributed by atoms with Gasteiger partial charge in [0.15, 0.2) is 0 Å². The number of para-hydroxylation sites is 1. The highest BCUT2D eigenvalue weighted by Crippen LogP contribution is 2.52. The van der Waals surface area contributed by atoms with Gasteiger partial charge in [0.05, 0.1) is 11.6 Å². The minimum absolute atomic E-state index is 0.164. The number of imide groups is 1. The molecule has 2 atom stereocenters.